The third kappa shape index (κ3) is 3.54. The summed E-state index contributed by atoms with van der Waals surface area (Å²) in [6.07, 6.45) is 3.03. The van der Waals surface area contributed by atoms with E-state index >= 15 is 0 Å². The van der Waals surface area contributed by atoms with Crippen molar-refractivity contribution >= 4 is 27.3 Å². The van der Waals surface area contributed by atoms with Gasteiger partial charge in [-0.1, -0.05) is 28.1 Å². The summed E-state index contributed by atoms with van der Waals surface area (Å²) in [5, 5.41) is 16.8. The molecular formula is C15H12BrN5O2. The minimum Gasteiger partial charge on any atom is -0.260 e. The first-order chi connectivity index (χ1) is 11.1. The average Bonchev–Trinajstić information content (AvgIpc) is 3.08. The Kier molecular flexibility index (Phi) is 4.33. The first-order valence-corrected chi connectivity index (χ1v) is 7.54. The Balaban J connectivity index is 1.92. The molecule has 0 unspecified atom stereocenters. The molecule has 0 aliphatic carbocycles. The van der Waals surface area contributed by atoms with Crippen LogP contribution in [0.4, 0.5) is 11.4 Å². The van der Waals surface area contributed by atoms with Crippen molar-refractivity contribution in [1.29, 1.82) is 0 Å². The zero-order valence-corrected chi connectivity index (χ0v) is 13.5. The molecule has 0 N–H and O–H groups in total. The highest BCUT2D eigenvalue weighted by molar-refractivity contribution is 9.10. The van der Waals surface area contributed by atoms with Gasteiger partial charge in [-0.05, 0) is 29.8 Å². The predicted octanol–water partition coefficient (Wildman–Crippen LogP) is 3.42. The molecule has 116 valence electrons. The number of nitrogens with zero attached hydrogens (tertiary/aromatic N) is 5. The summed E-state index contributed by atoms with van der Waals surface area (Å²) < 4.78 is 1.00. The number of aromatic nitrogens is 3. The van der Waals surface area contributed by atoms with Gasteiger partial charge in [0.25, 0.3) is 5.69 Å². The fourth-order valence-corrected chi connectivity index (χ4v) is 2.38. The van der Waals surface area contributed by atoms with E-state index in [1.807, 2.05) is 29.3 Å². The predicted molar refractivity (Wildman–Crippen MR) is 88.8 cm³/mol. The summed E-state index contributed by atoms with van der Waals surface area (Å²) in [5.74, 6) is 0. The van der Waals surface area contributed by atoms with Gasteiger partial charge in [0.2, 0.25) is 0 Å². The van der Waals surface area contributed by atoms with E-state index in [1.165, 1.54) is 18.5 Å². The van der Waals surface area contributed by atoms with Crippen LogP contribution >= 0.6 is 15.9 Å². The molecular weight excluding hydrogens is 362 g/mol. The molecule has 0 radical (unpaired) electrons. The summed E-state index contributed by atoms with van der Waals surface area (Å²) >= 11 is 3.41. The molecule has 0 aliphatic heterocycles. The lowest BCUT2D eigenvalue weighted by Gasteiger charge is -2.24. The van der Waals surface area contributed by atoms with Gasteiger partial charge in [-0.2, -0.15) is 4.79 Å². The zero-order valence-electron chi connectivity index (χ0n) is 11.9. The van der Waals surface area contributed by atoms with Crippen molar-refractivity contribution in [1.82, 2.24) is 14.9 Å². The maximum atomic E-state index is 10.8. The lowest BCUT2D eigenvalue weighted by molar-refractivity contribution is -0.384. The van der Waals surface area contributed by atoms with E-state index in [4.69, 9.17) is 0 Å². The van der Waals surface area contributed by atoms with Crippen LogP contribution in [0.25, 0.3) is 0 Å². The molecule has 1 heterocycles. The molecule has 0 bridgehead atoms. The van der Waals surface area contributed by atoms with E-state index in [0.717, 1.165) is 15.7 Å². The minimum absolute atomic E-state index is 0.0518. The third-order valence-corrected chi connectivity index (χ3v) is 3.79. The van der Waals surface area contributed by atoms with Gasteiger partial charge in [0.15, 0.2) is 0 Å². The topological polar surface area (TPSA) is 77.1 Å². The maximum Gasteiger partial charge on any atom is 0.269 e. The Morgan fingerprint density at radius 1 is 1.13 bits per heavy atom. The smallest absolute Gasteiger partial charge is 0.260 e. The summed E-state index contributed by atoms with van der Waals surface area (Å²) in [7, 11) is 0. The molecule has 0 saturated heterocycles. The van der Waals surface area contributed by atoms with Crippen molar-refractivity contribution in [2.45, 2.75) is 6.54 Å². The van der Waals surface area contributed by atoms with Gasteiger partial charge in [-0.3, -0.25) is 15.1 Å². The molecule has 23 heavy (non-hydrogen) atoms. The molecule has 0 aliphatic rings. The van der Waals surface area contributed by atoms with Gasteiger partial charge in [0.1, 0.15) is 12.7 Å². The van der Waals surface area contributed by atoms with Gasteiger partial charge in [-0.25, -0.2) is 4.98 Å². The summed E-state index contributed by atoms with van der Waals surface area (Å²) in [4.78, 5) is 15.9. The molecule has 0 amide bonds. The first-order valence-electron chi connectivity index (χ1n) is 6.75. The standard InChI is InChI=1S/C15H12BrN5O2/c16-13-3-1-12(2-4-13)9-19(20-11-17-10-18-20)14-5-7-15(8-6-14)21(22)23/h1-8,10-11H,9H2. The van der Waals surface area contributed by atoms with Gasteiger partial charge >= 0.3 is 0 Å². The van der Waals surface area contributed by atoms with Crippen molar-refractivity contribution in [2.75, 3.05) is 5.01 Å². The molecule has 0 atom stereocenters. The number of anilines is 1. The zero-order chi connectivity index (χ0) is 16.2. The Hall–Kier alpha value is -2.74. The molecule has 8 heteroatoms. The number of hydrogen-bond acceptors (Lipinski definition) is 5. The fourth-order valence-electron chi connectivity index (χ4n) is 2.12. The van der Waals surface area contributed by atoms with Crippen LogP contribution in [0.5, 0.6) is 0 Å². The molecule has 3 rings (SSSR count). The van der Waals surface area contributed by atoms with Crippen molar-refractivity contribution in [3.8, 4) is 0 Å². The highest BCUT2D eigenvalue weighted by Crippen LogP contribution is 2.22. The highest BCUT2D eigenvalue weighted by atomic mass is 79.9. The fraction of sp³-hybridized carbons (Fsp3) is 0.0667. The van der Waals surface area contributed by atoms with Crippen LogP contribution < -0.4 is 5.01 Å². The van der Waals surface area contributed by atoms with Crippen LogP contribution in [-0.2, 0) is 6.54 Å². The summed E-state index contributed by atoms with van der Waals surface area (Å²) in [5.41, 5.74) is 1.90. The number of non-ortho nitro benzene ring substituents is 1. The lowest BCUT2D eigenvalue weighted by atomic mass is 10.2. The van der Waals surface area contributed by atoms with E-state index in [0.29, 0.717) is 6.54 Å². The number of nitro groups is 1. The highest BCUT2D eigenvalue weighted by Gasteiger charge is 2.12. The maximum absolute atomic E-state index is 10.8. The Morgan fingerprint density at radius 3 is 2.39 bits per heavy atom. The Morgan fingerprint density at radius 2 is 1.83 bits per heavy atom. The second kappa shape index (κ2) is 6.57. The van der Waals surface area contributed by atoms with Crippen LogP contribution in [0, 0.1) is 10.1 Å². The number of benzene rings is 2. The van der Waals surface area contributed by atoms with Crippen LogP contribution in [0.3, 0.4) is 0 Å². The van der Waals surface area contributed by atoms with Gasteiger partial charge in [0.05, 0.1) is 17.2 Å². The number of rotatable bonds is 5. The SMILES string of the molecule is O=[N+]([O-])c1ccc(N(Cc2ccc(Br)cc2)n2cncn2)cc1. The van der Waals surface area contributed by atoms with Crippen molar-refractivity contribution in [3.63, 3.8) is 0 Å². The number of nitro benzene ring substituents is 1. The van der Waals surface area contributed by atoms with Crippen molar-refractivity contribution in [2.24, 2.45) is 0 Å². The largest absolute Gasteiger partial charge is 0.269 e. The Bertz CT molecular complexity index is 788. The average molecular weight is 374 g/mol. The quantitative estimate of drug-likeness (QED) is 0.505. The second-order valence-corrected chi connectivity index (χ2v) is 5.69. The van der Waals surface area contributed by atoms with Crippen LogP contribution in [0.2, 0.25) is 0 Å². The van der Waals surface area contributed by atoms with Gasteiger partial charge in [0, 0.05) is 16.6 Å². The lowest BCUT2D eigenvalue weighted by Crippen LogP contribution is -2.29. The van der Waals surface area contributed by atoms with Crippen LogP contribution in [0.1, 0.15) is 5.56 Å². The first kappa shape index (κ1) is 15.2. The van der Waals surface area contributed by atoms with Gasteiger partial charge < -0.3 is 0 Å². The normalized spacial score (nSPS) is 10.5. The van der Waals surface area contributed by atoms with Crippen molar-refractivity contribution in [3.05, 3.63) is 81.3 Å². The van der Waals surface area contributed by atoms with E-state index in [9.17, 15) is 10.1 Å². The second-order valence-electron chi connectivity index (χ2n) is 4.77. The number of halogens is 1. The molecule has 0 saturated carbocycles. The number of hydrogen-bond donors (Lipinski definition) is 0. The van der Waals surface area contributed by atoms with Crippen LogP contribution in [0.15, 0.2) is 65.7 Å². The minimum atomic E-state index is -0.418. The van der Waals surface area contributed by atoms with Crippen molar-refractivity contribution < 1.29 is 4.92 Å². The summed E-state index contributed by atoms with van der Waals surface area (Å²) in [6, 6.07) is 14.3. The molecule has 2 aromatic carbocycles. The van der Waals surface area contributed by atoms with Crippen LogP contribution in [-0.4, -0.2) is 19.8 Å². The summed E-state index contributed by atoms with van der Waals surface area (Å²) in [6.45, 7) is 0.550. The molecule has 3 aromatic rings. The molecule has 0 spiro atoms. The molecule has 7 nitrogen and oxygen atoms in total. The van der Waals surface area contributed by atoms with E-state index < -0.39 is 4.92 Å². The molecule has 1 aromatic heterocycles. The van der Waals surface area contributed by atoms with E-state index in [-0.39, 0.29) is 5.69 Å². The Labute approximate surface area is 140 Å². The molecule has 0 fully saturated rings. The third-order valence-electron chi connectivity index (χ3n) is 3.26. The van der Waals surface area contributed by atoms with E-state index in [1.54, 1.807) is 23.3 Å². The van der Waals surface area contributed by atoms with Gasteiger partial charge in [-0.15, -0.1) is 5.10 Å². The monoisotopic (exact) mass is 373 g/mol. The van der Waals surface area contributed by atoms with E-state index in [2.05, 4.69) is 26.0 Å².